The highest BCUT2D eigenvalue weighted by Crippen LogP contribution is 2.36. The van der Waals surface area contributed by atoms with Gasteiger partial charge in [-0.3, -0.25) is 14.5 Å². The van der Waals surface area contributed by atoms with Crippen molar-refractivity contribution >= 4 is 57.6 Å². The van der Waals surface area contributed by atoms with Crippen molar-refractivity contribution in [2.45, 2.75) is 57.8 Å². The highest BCUT2D eigenvalue weighted by molar-refractivity contribution is 8.26. The van der Waals surface area contributed by atoms with Gasteiger partial charge in [0.15, 0.2) is 0 Å². The van der Waals surface area contributed by atoms with Gasteiger partial charge in [-0.05, 0) is 42.5 Å². The second kappa shape index (κ2) is 13.7. The summed E-state index contributed by atoms with van der Waals surface area (Å²) in [5, 5.41) is 15.5. The molecule has 0 bridgehead atoms. The van der Waals surface area contributed by atoms with E-state index in [0.717, 1.165) is 73.2 Å². The Balaban J connectivity index is 1.32. The van der Waals surface area contributed by atoms with Crippen LogP contribution in [0.1, 0.15) is 63.4 Å². The molecule has 0 spiro atoms. The lowest BCUT2D eigenvalue weighted by Crippen LogP contribution is -2.29. The van der Waals surface area contributed by atoms with E-state index in [4.69, 9.17) is 22.4 Å². The quantitative estimate of drug-likeness (QED) is 0.127. The summed E-state index contributed by atoms with van der Waals surface area (Å²) in [6.45, 7) is 0.641. The predicted molar refractivity (Wildman–Crippen MR) is 156 cm³/mol. The van der Waals surface area contributed by atoms with Gasteiger partial charge in [-0.25, -0.2) is 4.68 Å². The normalized spacial score (nSPS) is 14.7. The molecule has 9 heteroatoms. The molecule has 37 heavy (non-hydrogen) atoms. The van der Waals surface area contributed by atoms with Gasteiger partial charge in [-0.1, -0.05) is 86.8 Å². The Morgan fingerprint density at radius 2 is 1.68 bits per heavy atom. The van der Waals surface area contributed by atoms with Crippen molar-refractivity contribution in [3.63, 3.8) is 0 Å². The van der Waals surface area contributed by atoms with Crippen LogP contribution < -0.4 is 0 Å². The number of nitrogens with zero attached hydrogens (tertiary/aromatic N) is 3. The minimum absolute atomic E-state index is 0.0296. The van der Waals surface area contributed by atoms with Crippen LogP contribution in [-0.2, 0) is 9.59 Å². The molecule has 4 rings (SSSR count). The molecule has 0 aliphatic carbocycles. The number of aromatic nitrogens is 2. The minimum Gasteiger partial charge on any atom is -0.481 e. The number of aliphatic carboxylic acids is 1. The predicted octanol–water partition coefficient (Wildman–Crippen LogP) is 7.40. The van der Waals surface area contributed by atoms with Crippen molar-refractivity contribution < 1.29 is 14.7 Å². The molecule has 0 saturated carbocycles. The molecule has 3 heterocycles. The summed E-state index contributed by atoms with van der Waals surface area (Å²) in [5.74, 6) is -0.742. The zero-order valence-corrected chi connectivity index (χ0v) is 23.1. The van der Waals surface area contributed by atoms with Gasteiger partial charge in [0.2, 0.25) is 0 Å². The van der Waals surface area contributed by atoms with Crippen LogP contribution in [0, 0.1) is 0 Å². The van der Waals surface area contributed by atoms with Crippen LogP contribution >= 0.6 is 35.3 Å². The van der Waals surface area contributed by atoms with Gasteiger partial charge in [-0.15, -0.1) is 11.3 Å². The van der Waals surface area contributed by atoms with Crippen LogP contribution in [0.5, 0.6) is 0 Å². The number of carbonyl (C=O) groups is 2. The van der Waals surface area contributed by atoms with E-state index in [1.54, 1.807) is 16.2 Å². The van der Waals surface area contributed by atoms with E-state index in [1.807, 2.05) is 64.8 Å². The number of thioether (sulfide) groups is 1. The molecule has 0 atom stereocenters. The average Bonchev–Trinajstić information content (AvgIpc) is 3.62. The van der Waals surface area contributed by atoms with Crippen molar-refractivity contribution in [2.24, 2.45) is 0 Å². The molecule has 2 aromatic heterocycles. The fraction of sp³-hybridized carbons (Fsp3) is 0.357. The van der Waals surface area contributed by atoms with Crippen LogP contribution in [0.4, 0.5) is 0 Å². The average molecular weight is 554 g/mol. The number of hydrogen-bond acceptors (Lipinski definition) is 6. The maximum Gasteiger partial charge on any atom is 0.303 e. The summed E-state index contributed by atoms with van der Waals surface area (Å²) in [6, 6.07) is 14.0. The van der Waals surface area contributed by atoms with E-state index in [9.17, 15) is 9.59 Å². The Bertz CT molecular complexity index is 1240. The summed E-state index contributed by atoms with van der Waals surface area (Å²) in [7, 11) is 0. The van der Waals surface area contributed by atoms with E-state index in [1.165, 1.54) is 11.8 Å². The molecule has 0 unspecified atom stereocenters. The maximum atomic E-state index is 13.2. The van der Waals surface area contributed by atoms with E-state index in [2.05, 4.69) is 0 Å². The minimum atomic E-state index is -0.712. The lowest BCUT2D eigenvalue weighted by atomic mass is 10.1. The van der Waals surface area contributed by atoms with Gasteiger partial charge >= 0.3 is 5.97 Å². The molecule has 0 radical (unpaired) electrons. The number of amides is 1. The van der Waals surface area contributed by atoms with E-state index in [0.29, 0.717) is 15.8 Å². The number of hydrogen-bond donors (Lipinski definition) is 1. The van der Waals surface area contributed by atoms with Crippen LogP contribution in [0.3, 0.4) is 0 Å². The van der Waals surface area contributed by atoms with Crippen molar-refractivity contribution in [1.29, 1.82) is 0 Å². The zero-order valence-electron chi connectivity index (χ0n) is 20.7. The molecule has 194 valence electrons. The van der Waals surface area contributed by atoms with E-state index >= 15 is 0 Å². The second-order valence-corrected chi connectivity index (χ2v) is 11.6. The first kappa shape index (κ1) is 27.3. The topological polar surface area (TPSA) is 75.4 Å². The molecule has 1 N–H and O–H groups in total. The van der Waals surface area contributed by atoms with Crippen LogP contribution in [-0.4, -0.2) is 42.5 Å². The van der Waals surface area contributed by atoms with E-state index in [-0.39, 0.29) is 12.3 Å². The molecule has 1 saturated heterocycles. The Kier molecular flexibility index (Phi) is 10.1. The molecule has 1 aliphatic heterocycles. The standard InChI is InChI=1S/C28H31N3O3S3/c32-25(33)16-10-5-3-1-2-4-6-11-17-30-27(34)24(37-28(30)35)19-21-20-31(22-13-8-7-9-14-22)29-26(21)23-15-12-18-36-23/h7-9,12-15,18-20H,1-6,10-11,16-17H2,(H,32,33). The highest BCUT2D eigenvalue weighted by Gasteiger charge is 2.32. The highest BCUT2D eigenvalue weighted by atomic mass is 32.2. The Labute approximate surface area is 231 Å². The molecular weight excluding hydrogens is 523 g/mol. The number of para-hydroxylation sites is 1. The summed E-state index contributed by atoms with van der Waals surface area (Å²) >= 11 is 8.54. The van der Waals surface area contributed by atoms with Crippen LogP contribution in [0.25, 0.3) is 22.3 Å². The summed E-state index contributed by atoms with van der Waals surface area (Å²) in [5.41, 5.74) is 2.72. The first-order chi connectivity index (χ1) is 18.0. The number of rotatable bonds is 14. The first-order valence-electron chi connectivity index (χ1n) is 12.7. The number of unbranched alkanes of at least 4 members (excludes halogenated alkanes) is 7. The Morgan fingerprint density at radius 1 is 0.973 bits per heavy atom. The molecule has 1 amide bonds. The van der Waals surface area contributed by atoms with E-state index < -0.39 is 5.97 Å². The monoisotopic (exact) mass is 553 g/mol. The molecular formula is C28H31N3O3S3. The molecule has 3 aromatic rings. The van der Waals surface area contributed by atoms with Crippen molar-refractivity contribution in [3.05, 3.63) is 64.5 Å². The van der Waals surface area contributed by atoms with Gasteiger partial charge in [0.1, 0.15) is 10.0 Å². The van der Waals surface area contributed by atoms with Gasteiger partial charge in [-0.2, -0.15) is 5.10 Å². The number of carboxylic acid groups (broad SMARTS) is 1. The molecule has 1 aromatic carbocycles. The smallest absolute Gasteiger partial charge is 0.303 e. The number of benzene rings is 1. The van der Waals surface area contributed by atoms with Gasteiger partial charge in [0.25, 0.3) is 5.91 Å². The zero-order chi connectivity index (χ0) is 26.0. The first-order valence-corrected chi connectivity index (χ1v) is 14.8. The third kappa shape index (κ3) is 7.63. The number of carbonyl (C=O) groups excluding carboxylic acids is 1. The van der Waals surface area contributed by atoms with Gasteiger partial charge in [0.05, 0.1) is 15.5 Å². The second-order valence-electron chi connectivity index (χ2n) is 9.00. The SMILES string of the molecule is O=C(O)CCCCCCCCCCN1C(=O)C(=Cc2cn(-c3ccccc3)nc2-c2cccs2)SC1=S. The fourth-order valence-electron chi connectivity index (χ4n) is 4.25. The molecule has 1 fully saturated rings. The number of carboxylic acids is 1. The number of thiophene rings is 1. The van der Waals surface area contributed by atoms with Crippen molar-refractivity contribution in [2.75, 3.05) is 6.54 Å². The largest absolute Gasteiger partial charge is 0.481 e. The number of thiocarbonyl (C=S) groups is 1. The summed E-state index contributed by atoms with van der Waals surface area (Å²) in [6.07, 6.45) is 12.4. The lowest BCUT2D eigenvalue weighted by molar-refractivity contribution is -0.137. The van der Waals surface area contributed by atoms with Crippen molar-refractivity contribution in [1.82, 2.24) is 14.7 Å². The maximum absolute atomic E-state index is 13.2. The van der Waals surface area contributed by atoms with Gasteiger partial charge in [0, 0.05) is 24.7 Å². The summed E-state index contributed by atoms with van der Waals surface area (Å²) in [4.78, 5) is 27.2. The van der Waals surface area contributed by atoms with Crippen LogP contribution in [0.15, 0.2) is 58.9 Å². The van der Waals surface area contributed by atoms with Crippen molar-refractivity contribution in [3.8, 4) is 16.3 Å². The van der Waals surface area contributed by atoms with Crippen LogP contribution in [0.2, 0.25) is 0 Å². The lowest BCUT2D eigenvalue weighted by Gasteiger charge is -2.14. The fourth-order valence-corrected chi connectivity index (χ4v) is 6.28. The third-order valence-corrected chi connectivity index (χ3v) is 8.45. The molecule has 1 aliphatic rings. The Morgan fingerprint density at radius 3 is 2.35 bits per heavy atom. The third-order valence-electron chi connectivity index (χ3n) is 6.20. The Hall–Kier alpha value is -2.75. The molecule has 6 nitrogen and oxygen atoms in total. The van der Waals surface area contributed by atoms with Gasteiger partial charge < -0.3 is 5.11 Å². The summed E-state index contributed by atoms with van der Waals surface area (Å²) < 4.78 is 2.47.